The number of hydrogen-bond acceptors (Lipinski definition) is 5. The molecule has 1 aromatic carbocycles. The molecule has 170 valence electrons. The molecule has 2 N–H and O–H groups in total. The summed E-state index contributed by atoms with van der Waals surface area (Å²) in [5.41, 5.74) is 2.34. The van der Waals surface area contributed by atoms with Crippen molar-refractivity contribution in [2.45, 2.75) is 58.4 Å². The molecule has 2 aromatic heterocycles. The highest BCUT2D eigenvalue weighted by molar-refractivity contribution is 7.18. The van der Waals surface area contributed by atoms with Crippen molar-refractivity contribution in [1.82, 2.24) is 20.2 Å². The van der Waals surface area contributed by atoms with Gasteiger partial charge in [-0.25, -0.2) is 4.98 Å². The molecule has 0 spiro atoms. The van der Waals surface area contributed by atoms with Crippen molar-refractivity contribution < 1.29 is 4.79 Å². The molecule has 0 radical (unpaired) electrons. The molecule has 1 aliphatic rings. The minimum Gasteiger partial charge on any atom is -0.354 e. The fraction of sp³-hybridized carbons (Fsp3) is 0.480. The number of hydrogen-bond donors (Lipinski definition) is 2. The maximum Gasteiger partial charge on any atom is 0.259 e. The van der Waals surface area contributed by atoms with Crippen LogP contribution < -0.4 is 10.9 Å². The van der Waals surface area contributed by atoms with Crippen molar-refractivity contribution in [1.29, 1.82) is 0 Å². The van der Waals surface area contributed by atoms with Crippen LogP contribution in [-0.4, -0.2) is 40.4 Å². The summed E-state index contributed by atoms with van der Waals surface area (Å²) in [6, 6.07) is 10.4. The van der Waals surface area contributed by atoms with E-state index in [2.05, 4.69) is 46.2 Å². The molecule has 1 unspecified atom stereocenters. The zero-order valence-corrected chi connectivity index (χ0v) is 19.8. The van der Waals surface area contributed by atoms with E-state index in [1.54, 1.807) is 11.3 Å². The summed E-state index contributed by atoms with van der Waals surface area (Å²) in [4.78, 5) is 37.4. The summed E-state index contributed by atoms with van der Waals surface area (Å²) in [7, 11) is 0. The largest absolute Gasteiger partial charge is 0.354 e. The maximum absolute atomic E-state index is 12.7. The zero-order valence-electron chi connectivity index (χ0n) is 18.9. The molecule has 0 fully saturated rings. The average molecular weight is 453 g/mol. The number of carbonyl (C=O) groups is 1. The quantitative estimate of drug-likeness (QED) is 0.515. The van der Waals surface area contributed by atoms with Crippen molar-refractivity contribution >= 4 is 27.5 Å². The van der Waals surface area contributed by atoms with Gasteiger partial charge in [0.15, 0.2) is 0 Å². The van der Waals surface area contributed by atoms with Crippen LogP contribution in [-0.2, 0) is 24.1 Å². The molecule has 1 amide bonds. The Morgan fingerprint density at radius 3 is 2.69 bits per heavy atom. The van der Waals surface area contributed by atoms with Crippen LogP contribution in [0.25, 0.3) is 10.2 Å². The number of amides is 1. The van der Waals surface area contributed by atoms with Crippen molar-refractivity contribution in [2.75, 3.05) is 19.6 Å². The zero-order chi connectivity index (χ0) is 22.5. The first kappa shape index (κ1) is 22.7. The molecule has 7 heteroatoms. The molecule has 0 saturated heterocycles. The van der Waals surface area contributed by atoms with E-state index < -0.39 is 0 Å². The van der Waals surface area contributed by atoms with Gasteiger partial charge in [-0.3, -0.25) is 14.5 Å². The predicted octanol–water partition coefficient (Wildman–Crippen LogP) is 4.00. The van der Waals surface area contributed by atoms with Crippen molar-refractivity contribution in [3.8, 4) is 0 Å². The number of H-pyrrole nitrogens is 1. The van der Waals surface area contributed by atoms with Gasteiger partial charge in [0.05, 0.1) is 11.4 Å². The lowest BCUT2D eigenvalue weighted by Crippen LogP contribution is -2.38. The highest BCUT2D eigenvalue weighted by Crippen LogP contribution is 2.33. The fourth-order valence-electron chi connectivity index (χ4n) is 4.66. The molecule has 4 rings (SSSR count). The minimum atomic E-state index is -0.0597. The number of likely N-dealkylation sites (N-methyl/N-ethyl adjacent to an activating group) is 1. The molecule has 1 atom stereocenters. The second-order valence-corrected chi connectivity index (χ2v) is 9.44. The van der Waals surface area contributed by atoms with E-state index in [4.69, 9.17) is 0 Å². The third-order valence-electron chi connectivity index (χ3n) is 6.39. The first-order valence-corrected chi connectivity index (χ1v) is 12.5. The second kappa shape index (κ2) is 10.4. The van der Waals surface area contributed by atoms with Gasteiger partial charge in [-0.05, 0) is 49.9 Å². The summed E-state index contributed by atoms with van der Waals surface area (Å²) in [6.45, 7) is 6.68. The van der Waals surface area contributed by atoms with Crippen molar-refractivity contribution in [3.05, 3.63) is 62.5 Å². The van der Waals surface area contributed by atoms with E-state index in [-0.39, 0.29) is 17.5 Å². The number of nitrogens with one attached hydrogen (secondary N) is 2. The number of aryl methyl sites for hydroxylation is 3. The number of carbonyl (C=O) groups excluding carboxylic acids is 1. The van der Waals surface area contributed by atoms with E-state index in [0.29, 0.717) is 25.2 Å². The lowest BCUT2D eigenvalue weighted by molar-refractivity contribution is -0.121. The molecular weight excluding hydrogens is 420 g/mol. The standard InChI is InChI=1S/C25H32N4O2S/c1-3-29(4-2)19(17-10-6-5-7-11-17)16-26-22(30)15-14-21-27-24(31)23-18-12-8-9-13-20(18)32-25(23)28-21/h5-7,10-11,19H,3-4,8-9,12-16H2,1-2H3,(H,26,30)(H,27,28,31). The number of aromatic amines is 1. The van der Waals surface area contributed by atoms with Gasteiger partial charge in [-0.1, -0.05) is 44.2 Å². The molecule has 3 aromatic rings. The van der Waals surface area contributed by atoms with Gasteiger partial charge in [-0.2, -0.15) is 0 Å². The Bertz CT molecular complexity index is 1120. The van der Waals surface area contributed by atoms with Crippen molar-refractivity contribution in [3.63, 3.8) is 0 Å². The summed E-state index contributed by atoms with van der Waals surface area (Å²) >= 11 is 1.65. The molecule has 32 heavy (non-hydrogen) atoms. The molecule has 1 aliphatic carbocycles. The van der Waals surface area contributed by atoms with Gasteiger partial charge in [0.1, 0.15) is 10.7 Å². The highest BCUT2D eigenvalue weighted by Gasteiger charge is 2.21. The maximum atomic E-state index is 12.7. The summed E-state index contributed by atoms with van der Waals surface area (Å²) in [6.07, 6.45) is 5.07. The van der Waals surface area contributed by atoms with E-state index in [0.717, 1.165) is 42.6 Å². The van der Waals surface area contributed by atoms with Crippen molar-refractivity contribution in [2.24, 2.45) is 0 Å². The molecular formula is C25H32N4O2S. The first-order chi connectivity index (χ1) is 15.6. The number of fused-ring (bicyclic) bond motifs is 3. The lowest BCUT2D eigenvalue weighted by Gasteiger charge is -2.30. The van der Waals surface area contributed by atoms with Crippen LogP contribution in [0.15, 0.2) is 35.1 Å². The number of benzene rings is 1. The van der Waals surface area contributed by atoms with Crippen LogP contribution in [0, 0.1) is 0 Å². The van der Waals surface area contributed by atoms with Gasteiger partial charge in [0.25, 0.3) is 5.56 Å². The lowest BCUT2D eigenvalue weighted by atomic mass is 9.97. The number of rotatable bonds is 9. The average Bonchev–Trinajstić information content (AvgIpc) is 3.20. The molecule has 2 heterocycles. The molecule has 6 nitrogen and oxygen atoms in total. The Labute approximate surface area is 193 Å². The summed E-state index contributed by atoms with van der Waals surface area (Å²) < 4.78 is 0. The Balaban J connectivity index is 1.40. The summed E-state index contributed by atoms with van der Waals surface area (Å²) in [5, 5.41) is 3.86. The van der Waals surface area contributed by atoms with E-state index in [1.165, 1.54) is 22.4 Å². The van der Waals surface area contributed by atoms with E-state index >= 15 is 0 Å². The fourth-order valence-corrected chi connectivity index (χ4v) is 5.94. The molecule has 0 saturated carbocycles. The number of nitrogens with zero attached hydrogens (tertiary/aromatic N) is 2. The molecule has 0 aliphatic heterocycles. The van der Waals surface area contributed by atoms with Gasteiger partial charge in [-0.15, -0.1) is 11.3 Å². The van der Waals surface area contributed by atoms with Crippen LogP contribution in [0.1, 0.15) is 61.0 Å². The van der Waals surface area contributed by atoms with Gasteiger partial charge < -0.3 is 10.3 Å². The summed E-state index contributed by atoms with van der Waals surface area (Å²) in [5.74, 6) is 0.575. The van der Waals surface area contributed by atoms with Crippen LogP contribution in [0.4, 0.5) is 0 Å². The van der Waals surface area contributed by atoms with Gasteiger partial charge in [0, 0.05) is 24.3 Å². The number of aromatic nitrogens is 2. The Morgan fingerprint density at radius 2 is 1.94 bits per heavy atom. The van der Waals surface area contributed by atoms with E-state index in [1.807, 2.05) is 18.2 Å². The predicted molar refractivity (Wildman–Crippen MR) is 130 cm³/mol. The third-order valence-corrected chi connectivity index (χ3v) is 7.58. The van der Waals surface area contributed by atoms with Crippen LogP contribution in [0.2, 0.25) is 0 Å². The Morgan fingerprint density at radius 1 is 1.19 bits per heavy atom. The highest BCUT2D eigenvalue weighted by atomic mass is 32.1. The van der Waals surface area contributed by atoms with Crippen LogP contribution >= 0.6 is 11.3 Å². The van der Waals surface area contributed by atoms with Gasteiger partial charge >= 0.3 is 0 Å². The molecule has 0 bridgehead atoms. The minimum absolute atomic E-state index is 0.0219. The van der Waals surface area contributed by atoms with Gasteiger partial charge in [0.2, 0.25) is 5.91 Å². The number of thiophene rings is 1. The Hall–Kier alpha value is -2.51. The second-order valence-electron chi connectivity index (χ2n) is 8.36. The van der Waals surface area contributed by atoms with Crippen LogP contribution in [0.3, 0.4) is 0 Å². The smallest absolute Gasteiger partial charge is 0.259 e. The first-order valence-electron chi connectivity index (χ1n) is 11.7. The topological polar surface area (TPSA) is 78.1 Å². The Kier molecular flexibility index (Phi) is 7.37. The monoisotopic (exact) mass is 452 g/mol. The van der Waals surface area contributed by atoms with E-state index in [9.17, 15) is 9.59 Å². The normalized spacial score (nSPS) is 14.5. The third kappa shape index (κ3) is 4.94. The van der Waals surface area contributed by atoms with Crippen LogP contribution in [0.5, 0.6) is 0 Å². The SMILES string of the molecule is CCN(CC)C(CNC(=O)CCc1nc2sc3c(c2c(=O)[nH]1)CCCC3)c1ccccc1.